The lowest BCUT2D eigenvalue weighted by Crippen LogP contribution is -2.45. The lowest BCUT2D eigenvalue weighted by atomic mass is 10.0. The molecule has 0 saturated carbocycles. The Morgan fingerprint density at radius 2 is 1.79 bits per heavy atom. The molecular weight excluding hydrogens is 174 g/mol. The fourth-order valence-electron chi connectivity index (χ4n) is 1.99. The normalized spacial score (nSPS) is 19.4. The molecule has 14 heavy (non-hydrogen) atoms. The van der Waals surface area contributed by atoms with E-state index in [0.29, 0.717) is 12.0 Å². The van der Waals surface area contributed by atoms with Gasteiger partial charge >= 0.3 is 0 Å². The van der Waals surface area contributed by atoms with Gasteiger partial charge in [-0.15, -0.1) is 0 Å². The molecule has 0 atom stereocenters. The maximum atomic E-state index is 7.92. The molecule has 1 saturated heterocycles. The minimum absolute atomic E-state index is 0.367. The fraction of sp³-hybridized carbons (Fsp3) is 0.909. The van der Waals surface area contributed by atoms with Crippen molar-refractivity contribution >= 4 is 5.84 Å². The average Bonchev–Trinajstić information content (AvgIpc) is 2.16. The van der Waals surface area contributed by atoms with Crippen LogP contribution in [0.2, 0.25) is 0 Å². The van der Waals surface area contributed by atoms with Crippen LogP contribution in [0.1, 0.15) is 26.7 Å². The van der Waals surface area contributed by atoms with Crippen LogP contribution in [0.4, 0.5) is 0 Å². The maximum Gasteiger partial charge on any atom is 0.0983 e. The van der Waals surface area contributed by atoms with Crippen LogP contribution in [0.25, 0.3) is 0 Å². The van der Waals surface area contributed by atoms with Crippen LogP contribution in [0.5, 0.6) is 0 Å². The van der Waals surface area contributed by atoms with Gasteiger partial charge in [-0.1, -0.05) is 13.8 Å². The summed E-state index contributed by atoms with van der Waals surface area (Å²) < 4.78 is 0. The summed E-state index contributed by atoms with van der Waals surface area (Å²) >= 11 is 0. The van der Waals surface area contributed by atoms with E-state index in [1.165, 1.54) is 12.8 Å². The van der Waals surface area contributed by atoms with Crippen molar-refractivity contribution in [1.82, 2.24) is 9.80 Å². The average molecular weight is 197 g/mol. The number of piperidine rings is 1. The van der Waals surface area contributed by atoms with E-state index in [1.807, 2.05) is 0 Å². The van der Waals surface area contributed by atoms with Crippen molar-refractivity contribution in [3.63, 3.8) is 0 Å². The van der Waals surface area contributed by atoms with Gasteiger partial charge in [0, 0.05) is 25.0 Å². The van der Waals surface area contributed by atoms with Gasteiger partial charge in [-0.05, 0) is 26.9 Å². The second-order valence-corrected chi connectivity index (χ2v) is 4.72. The van der Waals surface area contributed by atoms with Gasteiger partial charge in [0.15, 0.2) is 0 Å². The van der Waals surface area contributed by atoms with E-state index in [4.69, 9.17) is 5.41 Å². The molecule has 0 aromatic carbocycles. The summed E-state index contributed by atoms with van der Waals surface area (Å²) in [7, 11) is 4.29. The smallest absolute Gasteiger partial charge is 0.0983 e. The molecule has 0 bridgehead atoms. The zero-order chi connectivity index (χ0) is 10.7. The highest BCUT2D eigenvalue weighted by atomic mass is 15.2. The van der Waals surface area contributed by atoms with Gasteiger partial charge in [0.05, 0.1) is 5.84 Å². The van der Waals surface area contributed by atoms with Crippen LogP contribution < -0.4 is 0 Å². The van der Waals surface area contributed by atoms with Crippen LogP contribution >= 0.6 is 0 Å². The van der Waals surface area contributed by atoms with E-state index in [1.54, 1.807) is 0 Å². The second kappa shape index (κ2) is 4.78. The van der Waals surface area contributed by atoms with E-state index in [-0.39, 0.29) is 0 Å². The van der Waals surface area contributed by atoms with Crippen LogP contribution in [0.3, 0.4) is 0 Å². The summed E-state index contributed by atoms with van der Waals surface area (Å²) in [5, 5.41) is 7.92. The van der Waals surface area contributed by atoms with Crippen molar-refractivity contribution in [3.8, 4) is 0 Å². The van der Waals surface area contributed by atoms with Gasteiger partial charge in [-0.3, -0.25) is 5.41 Å². The number of hydrogen-bond acceptors (Lipinski definition) is 2. The summed E-state index contributed by atoms with van der Waals surface area (Å²) in [6.45, 7) is 6.31. The molecule has 1 aliphatic rings. The van der Waals surface area contributed by atoms with E-state index in [9.17, 15) is 0 Å². The lowest BCUT2D eigenvalue weighted by Gasteiger charge is -2.37. The Kier molecular flexibility index (Phi) is 3.93. The van der Waals surface area contributed by atoms with Crippen LogP contribution in [-0.4, -0.2) is 48.9 Å². The number of nitrogens with one attached hydrogen (secondary N) is 1. The molecule has 0 aliphatic carbocycles. The standard InChI is InChI=1S/C11H23N3/c1-9(2)11(12)14-7-5-10(6-8-14)13(3)4/h9-10,12H,5-8H2,1-4H3. The third kappa shape index (κ3) is 2.71. The summed E-state index contributed by atoms with van der Waals surface area (Å²) in [4.78, 5) is 4.53. The molecule has 1 aliphatic heterocycles. The number of hydrogen-bond donors (Lipinski definition) is 1. The molecule has 0 aromatic rings. The third-order valence-electron chi connectivity index (χ3n) is 3.08. The molecule has 1 fully saturated rings. The third-order valence-corrected chi connectivity index (χ3v) is 3.08. The fourth-order valence-corrected chi connectivity index (χ4v) is 1.99. The first-order valence-electron chi connectivity index (χ1n) is 5.52. The molecule has 82 valence electrons. The molecule has 0 amide bonds. The maximum absolute atomic E-state index is 7.92. The predicted octanol–water partition coefficient (Wildman–Crippen LogP) is 1.65. The monoisotopic (exact) mass is 197 g/mol. The zero-order valence-electron chi connectivity index (χ0n) is 9.88. The van der Waals surface area contributed by atoms with Crippen molar-refractivity contribution in [2.75, 3.05) is 27.2 Å². The minimum atomic E-state index is 0.367. The molecule has 1 rings (SSSR count). The van der Waals surface area contributed by atoms with E-state index in [2.05, 4.69) is 37.7 Å². The van der Waals surface area contributed by atoms with E-state index in [0.717, 1.165) is 18.9 Å². The molecule has 0 aromatic heterocycles. The highest BCUT2D eigenvalue weighted by Gasteiger charge is 2.22. The van der Waals surface area contributed by atoms with Crippen molar-refractivity contribution in [3.05, 3.63) is 0 Å². The van der Waals surface area contributed by atoms with Crippen molar-refractivity contribution in [2.24, 2.45) is 5.92 Å². The van der Waals surface area contributed by atoms with Gasteiger partial charge in [0.2, 0.25) is 0 Å². The van der Waals surface area contributed by atoms with Crippen molar-refractivity contribution < 1.29 is 0 Å². The largest absolute Gasteiger partial charge is 0.360 e. The number of likely N-dealkylation sites (tertiary alicyclic amines) is 1. The number of amidine groups is 1. The molecule has 0 radical (unpaired) electrons. The first-order valence-corrected chi connectivity index (χ1v) is 5.52. The number of rotatable bonds is 2. The van der Waals surface area contributed by atoms with Gasteiger partial charge in [0.25, 0.3) is 0 Å². The van der Waals surface area contributed by atoms with Crippen molar-refractivity contribution in [2.45, 2.75) is 32.7 Å². The Bertz CT molecular complexity index is 191. The SMILES string of the molecule is CC(C)C(=N)N1CCC(N(C)C)CC1. The minimum Gasteiger partial charge on any atom is -0.360 e. The van der Waals surface area contributed by atoms with Gasteiger partial charge in [-0.25, -0.2) is 0 Å². The van der Waals surface area contributed by atoms with Crippen LogP contribution in [0.15, 0.2) is 0 Å². The number of nitrogens with zero attached hydrogens (tertiary/aromatic N) is 2. The van der Waals surface area contributed by atoms with E-state index >= 15 is 0 Å². The molecule has 0 unspecified atom stereocenters. The Morgan fingerprint density at radius 3 is 2.14 bits per heavy atom. The summed E-state index contributed by atoms with van der Waals surface area (Å²) in [6, 6.07) is 0.714. The van der Waals surface area contributed by atoms with Gasteiger partial charge in [0.1, 0.15) is 0 Å². The molecule has 1 N–H and O–H groups in total. The quantitative estimate of drug-likeness (QED) is 0.539. The predicted molar refractivity (Wildman–Crippen MR) is 60.8 cm³/mol. The van der Waals surface area contributed by atoms with Gasteiger partial charge in [-0.2, -0.15) is 0 Å². The van der Waals surface area contributed by atoms with E-state index < -0.39 is 0 Å². The summed E-state index contributed by atoms with van der Waals surface area (Å²) in [6.07, 6.45) is 2.39. The van der Waals surface area contributed by atoms with Crippen molar-refractivity contribution in [1.29, 1.82) is 5.41 Å². The first-order chi connectivity index (χ1) is 6.52. The molecular formula is C11H23N3. The Hall–Kier alpha value is -0.570. The Morgan fingerprint density at radius 1 is 1.29 bits per heavy atom. The van der Waals surface area contributed by atoms with Crippen LogP contribution in [-0.2, 0) is 0 Å². The van der Waals surface area contributed by atoms with Gasteiger partial charge < -0.3 is 9.80 Å². The first kappa shape index (κ1) is 11.5. The second-order valence-electron chi connectivity index (χ2n) is 4.72. The highest BCUT2D eigenvalue weighted by Crippen LogP contribution is 2.16. The molecule has 1 heterocycles. The summed E-state index contributed by atoms with van der Waals surface area (Å²) in [5.74, 6) is 1.17. The Labute approximate surface area is 87.6 Å². The Balaban J connectivity index is 2.39. The lowest BCUT2D eigenvalue weighted by molar-refractivity contribution is 0.187. The van der Waals surface area contributed by atoms with Crippen LogP contribution in [0, 0.1) is 11.3 Å². The highest BCUT2D eigenvalue weighted by molar-refractivity contribution is 5.81. The molecule has 0 spiro atoms. The summed E-state index contributed by atoms with van der Waals surface area (Å²) in [5.41, 5.74) is 0. The molecule has 3 heteroatoms. The zero-order valence-corrected chi connectivity index (χ0v) is 9.88. The molecule has 3 nitrogen and oxygen atoms in total. The topological polar surface area (TPSA) is 30.3 Å².